The fraction of sp³-hybridized carbons (Fsp3) is 0.100. The Hall–Kier alpha value is -1.89. The van der Waals surface area contributed by atoms with Gasteiger partial charge in [-0.3, -0.25) is 10.1 Å². The maximum absolute atomic E-state index is 11.8. The number of rotatable bonds is 2. The Kier molecular flexibility index (Phi) is 3.10. The second-order valence-electron chi connectivity index (χ2n) is 3.33. The monoisotopic (exact) mass is 296 g/mol. The average Bonchev–Trinajstić information content (AvgIpc) is 2.63. The molecule has 0 bridgehead atoms. The Morgan fingerprint density at radius 1 is 1.53 bits per heavy atom. The smallest absolute Gasteiger partial charge is 0.328 e. The van der Waals surface area contributed by atoms with Crippen molar-refractivity contribution in [3.05, 3.63) is 34.1 Å². The largest absolute Gasteiger partial charge is 0.398 e. The van der Waals surface area contributed by atoms with Crippen molar-refractivity contribution in [2.24, 2.45) is 0 Å². The number of carbonyl (C=O) groups excluding carboxylic acids is 1. The number of nitrogens with zero attached hydrogens (tertiary/aromatic N) is 2. The molecule has 0 saturated heterocycles. The van der Waals surface area contributed by atoms with Crippen LogP contribution in [0.5, 0.6) is 0 Å². The van der Waals surface area contributed by atoms with Crippen molar-refractivity contribution in [3.8, 4) is 0 Å². The van der Waals surface area contributed by atoms with E-state index in [0.29, 0.717) is 17.1 Å². The maximum atomic E-state index is 11.8. The van der Waals surface area contributed by atoms with Crippen LogP contribution in [-0.2, 0) is 0 Å². The molecule has 0 aliphatic carbocycles. The van der Waals surface area contributed by atoms with Crippen LogP contribution in [0.2, 0.25) is 0 Å². The molecule has 0 fully saturated rings. The maximum Gasteiger partial charge on any atom is 0.328 e. The molecule has 2 aromatic rings. The molecule has 0 radical (unpaired) electrons. The van der Waals surface area contributed by atoms with Gasteiger partial charge in [0.2, 0.25) is 0 Å². The van der Waals surface area contributed by atoms with Crippen molar-refractivity contribution in [2.75, 3.05) is 11.1 Å². The summed E-state index contributed by atoms with van der Waals surface area (Å²) in [6.07, 6.45) is 0. The van der Waals surface area contributed by atoms with Gasteiger partial charge in [-0.1, -0.05) is 21.1 Å². The Bertz CT molecular complexity index is 567. The fourth-order valence-corrected chi connectivity index (χ4v) is 1.63. The molecule has 1 aromatic carbocycles. The number of benzene rings is 1. The van der Waals surface area contributed by atoms with Crippen LogP contribution >= 0.6 is 15.9 Å². The first-order chi connectivity index (χ1) is 8.06. The number of aromatic nitrogens is 2. The first-order valence-corrected chi connectivity index (χ1v) is 5.52. The van der Waals surface area contributed by atoms with Crippen molar-refractivity contribution in [2.45, 2.75) is 6.92 Å². The lowest BCUT2D eigenvalue weighted by atomic mass is 10.2. The van der Waals surface area contributed by atoms with Gasteiger partial charge in [-0.05, 0) is 25.1 Å². The van der Waals surface area contributed by atoms with Gasteiger partial charge in [0.05, 0.1) is 5.56 Å². The summed E-state index contributed by atoms with van der Waals surface area (Å²) in [6, 6.07) is 5.03. The zero-order valence-electron chi connectivity index (χ0n) is 8.90. The summed E-state index contributed by atoms with van der Waals surface area (Å²) in [5.74, 6) is 0.0581. The van der Waals surface area contributed by atoms with Crippen molar-refractivity contribution >= 4 is 33.5 Å². The molecule has 1 aromatic heterocycles. The Balaban J connectivity index is 2.20. The molecule has 0 aliphatic rings. The first kappa shape index (κ1) is 11.6. The number of anilines is 2. The zero-order valence-corrected chi connectivity index (χ0v) is 10.5. The average molecular weight is 297 g/mol. The highest BCUT2D eigenvalue weighted by molar-refractivity contribution is 9.10. The third kappa shape index (κ3) is 2.62. The van der Waals surface area contributed by atoms with E-state index in [1.807, 2.05) is 0 Å². The summed E-state index contributed by atoms with van der Waals surface area (Å²) in [6.45, 7) is 1.66. The third-order valence-electron chi connectivity index (χ3n) is 2.01. The molecule has 7 heteroatoms. The Morgan fingerprint density at radius 3 is 2.88 bits per heavy atom. The number of halogens is 1. The summed E-state index contributed by atoms with van der Waals surface area (Å²) in [4.78, 5) is 15.7. The number of hydrogen-bond donors (Lipinski definition) is 2. The summed E-state index contributed by atoms with van der Waals surface area (Å²) in [5, 5.41) is 6.03. The van der Waals surface area contributed by atoms with E-state index in [9.17, 15) is 4.79 Å². The van der Waals surface area contributed by atoms with Crippen molar-refractivity contribution in [3.63, 3.8) is 0 Å². The molecular weight excluding hydrogens is 288 g/mol. The van der Waals surface area contributed by atoms with Gasteiger partial charge in [0, 0.05) is 10.2 Å². The highest BCUT2D eigenvalue weighted by atomic mass is 79.9. The van der Waals surface area contributed by atoms with Crippen LogP contribution in [0.3, 0.4) is 0 Å². The predicted octanol–water partition coefficient (Wildman–Crippen LogP) is 1.98. The molecule has 6 nitrogen and oxygen atoms in total. The van der Waals surface area contributed by atoms with Crippen LogP contribution < -0.4 is 11.1 Å². The van der Waals surface area contributed by atoms with Crippen molar-refractivity contribution in [1.29, 1.82) is 0 Å². The molecule has 2 rings (SSSR count). The van der Waals surface area contributed by atoms with E-state index in [1.54, 1.807) is 25.1 Å². The molecule has 0 saturated carbocycles. The van der Waals surface area contributed by atoms with E-state index in [2.05, 4.69) is 31.4 Å². The molecule has 88 valence electrons. The van der Waals surface area contributed by atoms with E-state index in [4.69, 9.17) is 10.3 Å². The van der Waals surface area contributed by atoms with E-state index >= 15 is 0 Å². The minimum atomic E-state index is -0.390. The first-order valence-electron chi connectivity index (χ1n) is 4.73. The summed E-state index contributed by atoms with van der Waals surface area (Å²) in [7, 11) is 0. The summed E-state index contributed by atoms with van der Waals surface area (Å²) < 4.78 is 5.58. The zero-order chi connectivity index (χ0) is 12.4. The summed E-state index contributed by atoms with van der Waals surface area (Å²) >= 11 is 3.26. The molecule has 3 N–H and O–H groups in total. The third-order valence-corrected chi connectivity index (χ3v) is 2.50. The standard InChI is InChI=1S/C10H9BrN4O2/c1-5-13-10(17-15-5)14-9(16)7-3-2-6(11)4-8(7)12/h2-4H,12H2,1H3,(H,13,14,15,16). The van der Waals surface area contributed by atoms with Gasteiger partial charge in [-0.2, -0.15) is 4.98 Å². The topological polar surface area (TPSA) is 94.0 Å². The Labute approximate surface area is 105 Å². The van der Waals surface area contributed by atoms with Crippen LogP contribution in [0, 0.1) is 6.92 Å². The number of aryl methyl sites for hydroxylation is 1. The van der Waals surface area contributed by atoms with Gasteiger partial charge in [-0.25, -0.2) is 0 Å². The quantitative estimate of drug-likeness (QED) is 0.826. The number of nitrogen functional groups attached to an aromatic ring is 1. The van der Waals surface area contributed by atoms with E-state index < -0.39 is 5.91 Å². The lowest BCUT2D eigenvalue weighted by Gasteiger charge is -2.04. The highest BCUT2D eigenvalue weighted by Crippen LogP contribution is 2.19. The molecule has 0 unspecified atom stereocenters. The number of nitrogens with two attached hydrogens (primary N) is 1. The minimum Gasteiger partial charge on any atom is -0.398 e. The molecule has 1 amide bonds. The van der Waals surface area contributed by atoms with E-state index in [-0.39, 0.29) is 6.01 Å². The van der Waals surface area contributed by atoms with Gasteiger partial charge < -0.3 is 10.3 Å². The Morgan fingerprint density at radius 2 is 2.29 bits per heavy atom. The lowest BCUT2D eigenvalue weighted by molar-refractivity contribution is 0.102. The van der Waals surface area contributed by atoms with E-state index in [0.717, 1.165) is 4.47 Å². The van der Waals surface area contributed by atoms with Crippen molar-refractivity contribution in [1.82, 2.24) is 10.1 Å². The fourth-order valence-electron chi connectivity index (χ4n) is 1.25. The lowest BCUT2D eigenvalue weighted by Crippen LogP contribution is -2.14. The van der Waals surface area contributed by atoms with Gasteiger partial charge in [0.1, 0.15) is 0 Å². The van der Waals surface area contributed by atoms with Gasteiger partial charge in [0.15, 0.2) is 5.82 Å². The highest BCUT2D eigenvalue weighted by Gasteiger charge is 2.13. The van der Waals surface area contributed by atoms with Crippen LogP contribution in [-0.4, -0.2) is 16.0 Å². The molecule has 0 aliphatic heterocycles. The number of nitrogens with one attached hydrogen (secondary N) is 1. The van der Waals surface area contributed by atoms with Crippen LogP contribution in [0.15, 0.2) is 27.2 Å². The molecule has 17 heavy (non-hydrogen) atoms. The van der Waals surface area contributed by atoms with Gasteiger partial charge in [0.25, 0.3) is 5.91 Å². The molecule has 0 spiro atoms. The number of hydrogen-bond acceptors (Lipinski definition) is 5. The molecular formula is C10H9BrN4O2. The van der Waals surface area contributed by atoms with Gasteiger partial charge in [-0.15, -0.1) is 0 Å². The van der Waals surface area contributed by atoms with E-state index in [1.165, 1.54) is 0 Å². The number of carbonyl (C=O) groups is 1. The van der Waals surface area contributed by atoms with Crippen LogP contribution in [0.1, 0.15) is 16.2 Å². The van der Waals surface area contributed by atoms with Crippen LogP contribution in [0.4, 0.5) is 11.7 Å². The molecule has 1 heterocycles. The predicted molar refractivity (Wildman–Crippen MR) is 65.5 cm³/mol. The van der Waals surface area contributed by atoms with Gasteiger partial charge >= 0.3 is 6.01 Å². The molecule has 0 atom stereocenters. The second kappa shape index (κ2) is 4.54. The SMILES string of the molecule is Cc1noc(NC(=O)c2ccc(Br)cc2N)n1. The minimum absolute atomic E-state index is 0.0508. The normalized spacial score (nSPS) is 10.2. The second-order valence-corrected chi connectivity index (χ2v) is 4.25. The summed E-state index contributed by atoms with van der Waals surface area (Å²) in [5.41, 5.74) is 6.44. The van der Waals surface area contributed by atoms with Crippen molar-refractivity contribution < 1.29 is 9.32 Å². The van der Waals surface area contributed by atoms with Crippen LogP contribution in [0.25, 0.3) is 0 Å². The number of amides is 1.